The van der Waals surface area contributed by atoms with Gasteiger partial charge in [0, 0.05) is 5.92 Å². The van der Waals surface area contributed by atoms with Crippen LogP contribution < -0.4 is 5.32 Å². The van der Waals surface area contributed by atoms with Crippen LogP contribution in [0.5, 0.6) is 0 Å². The molecule has 6 nitrogen and oxygen atoms in total. The van der Waals surface area contributed by atoms with E-state index in [0.717, 1.165) is 11.1 Å². The van der Waals surface area contributed by atoms with Gasteiger partial charge in [-0.3, -0.25) is 10.1 Å². The van der Waals surface area contributed by atoms with E-state index in [4.69, 9.17) is 9.47 Å². The van der Waals surface area contributed by atoms with Gasteiger partial charge < -0.3 is 14.6 Å². The quantitative estimate of drug-likeness (QED) is 0.619. The van der Waals surface area contributed by atoms with Gasteiger partial charge in [0.1, 0.15) is 12.3 Å². The van der Waals surface area contributed by atoms with Crippen LogP contribution in [0.2, 0.25) is 0 Å². The van der Waals surface area contributed by atoms with E-state index in [0.29, 0.717) is 25.7 Å². The first-order valence-corrected chi connectivity index (χ1v) is 11.2. The third kappa shape index (κ3) is 4.65. The normalized spacial score (nSPS) is 22.7. The summed E-state index contributed by atoms with van der Waals surface area (Å²) >= 11 is 0. The van der Waals surface area contributed by atoms with E-state index >= 15 is 0 Å². The first-order chi connectivity index (χ1) is 15.2. The van der Waals surface area contributed by atoms with Gasteiger partial charge in [-0.05, 0) is 68.7 Å². The van der Waals surface area contributed by atoms with Crippen molar-refractivity contribution in [2.45, 2.75) is 63.7 Å². The van der Waals surface area contributed by atoms with Crippen molar-refractivity contribution in [2.24, 2.45) is 5.92 Å². The number of carbonyl (C=O) groups excluding carboxylic acids is 1. The Bertz CT molecular complexity index is 956. The Labute approximate surface area is 188 Å². The summed E-state index contributed by atoms with van der Waals surface area (Å²) in [7, 11) is 0. The van der Waals surface area contributed by atoms with Gasteiger partial charge >= 0.3 is 12.1 Å². The molecule has 1 amide bonds. The minimum atomic E-state index is -0.924. The van der Waals surface area contributed by atoms with Gasteiger partial charge in [-0.2, -0.15) is 0 Å². The molecule has 0 heterocycles. The van der Waals surface area contributed by atoms with Crippen molar-refractivity contribution in [1.29, 1.82) is 0 Å². The monoisotopic (exact) mass is 437 g/mol. The average Bonchev–Trinajstić information content (AvgIpc) is 3.05. The number of hydrogen-bond acceptors (Lipinski definition) is 4. The molecule has 0 aromatic heterocycles. The van der Waals surface area contributed by atoms with Crippen LogP contribution in [0.25, 0.3) is 11.1 Å². The van der Waals surface area contributed by atoms with E-state index in [2.05, 4.69) is 29.6 Å². The second-order valence-electron chi connectivity index (χ2n) is 9.77. The Morgan fingerprint density at radius 2 is 1.53 bits per heavy atom. The fourth-order valence-electron chi connectivity index (χ4n) is 4.99. The van der Waals surface area contributed by atoms with Crippen LogP contribution in [-0.4, -0.2) is 35.1 Å². The molecule has 4 rings (SSSR count). The van der Waals surface area contributed by atoms with Crippen molar-refractivity contribution in [2.75, 3.05) is 6.61 Å². The van der Waals surface area contributed by atoms with Crippen molar-refractivity contribution >= 4 is 12.1 Å². The van der Waals surface area contributed by atoms with Crippen molar-refractivity contribution in [1.82, 2.24) is 5.32 Å². The standard InChI is InChI=1S/C26H31NO5/c1-25(2,3)32-26(14-12-17(13-15-26)23(28)29)27-24(30)31-16-22-20-10-6-4-8-18(20)19-9-5-7-11-21(19)22/h4-11,17,22H,12-16H2,1-3H3,(H,27,30)(H,28,29). The number of ether oxygens (including phenoxy) is 2. The van der Waals surface area contributed by atoms with Crippen LogP contribution >= 0.6 is 0 Å². The molecule has 2 N–H and O–H groups in total. The van der Waals surface area contributed by atoms with Crippen LogP contribution in [0.4, 0.5) is 4.79 Å². The number of benzene rings is 2. The van der Waals surface area contributed by atoms with Crippen LogP contribution in [-0.2, 0) is 14.3 Å². The zero-order valence-electron chi connectivity index (χ0n) is 18.9. The van der Waals surface area contributed by atoms with Crippen molar-refractivity contribution in [3.8, 4) is 11.1 Å². The predicted molar refractivity (Wildman–Crippen MR) is 121 cm³/mol. The lowest BCUT2D eigenvalue weighted by Crippen LogP contribution is -2.56. The summed E-state index contributed by atoms with van der Waals surface area (Å²) < 4.78 is 12.0. The topological polar surface area (TPSA) is 84.9 Å². The molecule has 2 aliphatic carbocycles. The number of alkyl carbamates (subject to hydrolysis) is 1. The van der Waals surface area contributed by atoms with Gasteiger partial charge in [0.25, 0.3) is 0 Å². The highest BCUT2D eigenvalue weighted by Crippen LogP contribution is 2.44. The van der Waals surface area contributed by atoms with E-state index < -0.39 is 29.3 Å². The highest BCUT2D eigenvalue weighted by molar-refractivity contribution is 5.79. The van der Waals surface area contributed by atoms with Crippen molar-refractivity contribution < 1.29 is 24.2 Å². The lowest BCUT2D eigenvalue weighted by molar-refractivity contribution is -0.171. The number of carbonyl (C=O) groups is 2. The van der Waals surface area contributed by atoms with Crippen molar-refractivity contribution in [3.05, 3.63) is 59.7 Å². The summed E-state index contributed by atoms with van der Waals surface area (Å²) in [5.74, 6) is -1.22. The maximum atomic E-state index is 12.9. The van der Waals surface area contributed by atoms with Gasteiger partial charge in [0.2, 0.25) is 0 Å². The zero-order valence-corrected chi connectivity index (χ0v) is 18.9. The minimum Gasteiger partial charge on any atom is -0.481 e. The van der Waals surface area contributed by atoms with Gasteiger partial charge in [-0.15, -0.1) is 0 Å². The Balaban J connectivity index is 1.46. The van der Waals surface area contributed by atoms with Gasteiger partial charge in [-0.1, -0.05) is 48.5 Å². The first-order valence-electron chi connectivity index (χ1n) is 11.2. The van der Waals surface area contributed by atoms with E-state index in [9.17, 15) is 14.7 Å². The number of carboxylic acid groups (broad SMARTS) is 1. The highest BCUT2D eigenvalue weighted by Gasteiger charge is 2.43. The Kier molecular flexibility index (Phi) is 5.99. The van der Waals surface area contributed by atoms with Crippen LogP contribution in [0.1, 0.15) is 63.5 Å². The van der Waals surface area contributed by atoms with Gasteiger partial charge in [0.15, 0.2) is 0 Å². The molecular formula is C26H31NO5. The number of carboxylic acids is 1. The molecule has 170 valence electrons. The molecule has 1 fully saturated rings. The van der Waals surface area contributed by atoms with Crippen molar-refractivity contribution in [3.63, 3.8) is 0 Å². The number of fused-ring (bicyclic) bond motifs is 3. The summed E-state index contributed by atoms with van der Waals surface area (Å²) in [4.78, 5) is 24.2. The molecule has 1 saturated carbocycles. The third-order valence-corrected chi connectivity index (χ3v) is 6.32. The molecule has 0 spiro atoms. The Morgan fingerprint density at radius 1 is 1.00 bits per heavy atom. The van der Waals surface area contributed by atoms with Crippen LogP contribution in [0.15, 0.2) is 48.5 Å². The number of amides is 1. The summed E-state index contributed by atoms with van der Waals surface area (Å²) in [5.41, 5.74) is 3.25. The maximum absolute atomic E-state index is 12.9. The molecule has 0 aliphatic heterocycles. The molecule has 6 heteroatoms. The van der Waals surface area contributed by atoms with E-state index in [1.165, 1.54) is 11.1 Å². The number of aliphatic carboxylic acids is 1. The highest BCUT2D eigenvalue weighted by atomic mass is 16.6. The number of hydrogen-bond donors (Lipinski definition) is 2. The molecule has 0 atom stereocenters. The first kappa shape index (κ1) is 22.3. The molecule has 0 bridgehead atoms. The number of nitrogens with one attached hydrogen (secondary N) is 1. The largest absolute Gasteiger partial charge is 0.481 e. The Hall–Kier alpha value is -2.86. The molecule has 2 aromatic carbocycles. The SMILES string of the molecule is CC(C)(C)OC1(NC(=O)OCC2c3ccccc3-c3ccccc32)CCC(C(=O)O)CC1. The van der Waals surface area contributed by atoms with E-state index in [1.54, 1.807) is 0 Å². The lowest BCUT2D eigenvalue weighted by Gasteiger charge is -2.43. The summed E-state index contributed by atoms with van der Waals surface area (Å²) in [6.45, 7) is 6.01. The van der Waals surface area contributed by atoms with E-state index in [-0.39, 0.29) is 12.5 Å². The molecule has 2 aliphatic rings. The Morgan fingerprint density at radius 3 is 2.03 bits per heavy atom. The fraction of sp³-hybridized carbons (Fsp3) is 0.462. The molecule has 0 saturated heterocycles. The minimum absolute atomic E-state index is 0.0182. The maximum Gasteiger partial charge on any atom is 0.409 e. The summed E-state index contributed by atoms with van der Waals surface area (Å²) in [6.07, 6.45) is 1.24. The molecule has 32 heavy (non-hydrogen) atoms. The van der Waals surface area contributed by atoms with Crippen LogP contribution in [0, 0.1) is 5.92 Å². The lowest BCUT2D eigenvalue weighted by atomic mass is 9.83. The smallest absolute Gasteiger partial charge is 0.409 e. The zero-order chi connectivity index (χ0) is 22.9. The second-order valence-corrected chi connectivity index (χ2v) is 9.77. The molecular weight excluding hydrogens is 406 g/mol. The predicted octanol–water partition coefficient (Wildman–Crippen LogP) is 5.31. The van der Waals surface area contributed by atoms with E-state index in [1.807, 2.05) is 45.0 Å². The van der Waals surface area contributed by atoms with Crippen LogP contribution in [0.3, 0.4) is 0 Å². The summed E-state index contributed by atoms with van der Waals surface area (Å²) in [5, 5.41) is 12.3. The third-order valence-electron chi connectivity index (χ3n) is 6.32. The summed E-state index contributed by atoms with van der Waals surface area (Å²) in [6, 6.07) is 16.4. The van der Waals surface area contributed by atoms with Gasteiger partial charge in [0.05, 0.1) is 11.5 Å². The molecule has 0 radical (unpaired) electrons. The fourth-order valence-corrected chi connectivity index (χ4v) is 4.99. The van der Waals surface area contributed by atoms with Gasteiger partial charge in [-0.25, -0.2) is 4.79 Å². The number of rotatable bonds is 5. The average molecular weight is 438 g/mol. The molecule has 2 aromatic rings. The second kappa shape index (κ2) is 8.58. The molecule has 0 unspecified atom stereocenters.